The number of benzene rings is 3. The number of nitrogens with zero attached hydrogens (tertiary/aromatic N) is 3. The van der Waals surface area contributed by atoms with Gasteiger partial charge in [0.1, 0.15) is 5.75 Å². The zero-order valence-electron chi connectivity index (χ0n) is 18.9. The van der Waals surface area contributed by atoms with Crippen molar-refractivity contribution >= 4 is 23.7 Å². The van der Waals surface area contributed by atoms with Gasteiger partial charge in [0.25, 0.3) is 0 Å². The summed E-state index contributed by atoms with van der Waals surface area (Å²) in [6.07, 6.45) is 3.12. The van der Waals surface area contributed by atoms with Crippen LogP contribution in [0.3, 0.4) is 0 Å². The van der Waals surface area contributed by atoms with E-state index in [0.717, 1.165) is 28.1 Å². The van der Waals surface area contributed by atoms with Crippen LogP contribution in [0.5, 0.6) is 5.75 Å². The third kappa shape index (κ3) is 5.83. The zero-order valence-corrected chi connectivity index (χ0v) is 18.9. The highest BCUT2D eigenvalue weighted by Crippen LogP contribution is 2.25. The lowest BCUT2D eigenvalue weighted by atomic mass is 10.2. The molecule has 0 bridgehead atoms. The maximum absolute atomic E-state index is 11.5. The molecule has 0 amide bonds. The van der Waals surface area contributed by atoms with E-state index < -0.39 is 0 Å². The minimum absolute atomic E-state index is 0.349. The van der Waals surface area contributed by atoms with Gasteiger partial charge in [0.05, 0.1) is 13.7 Å². The highest BCUT2D eigenvalue weighted by Gasteiger charge is 2.11. The molecule has 1 aromatic heterocycles. The molecule has 4 aromatic rings. The molecule has 170 valence electrons. The monoisotopic (exact) mass is 452 g/mol. The lowest BCUT2D eigenvalue weighted by molar-refractivity contribution is -0.137. The number of carbonyl (C=O) groups excluding carboxylic acids is 1. The number of rotatable bonds is 8. The van der Waals surface area contributed by atoms with Gasteiger partial charge in [-0.2, -0.15) is 9.97 Å². The molecule has 0 aliphatic rings. The molecule has 0 fully saturated rings. The van der Waals surface area contributed by atoms with Crippen molar-refractivity contribution in [3.05, 3.63) is 90.5 Å². The van der Waals surface area contributed by atoms with Crippen LogP contribution in [-0.4, -0.2) is 34.6 Å². The van der Waals surface area contributed by atoms with Crippen LogP contribution in [-0.2, 0) is 9.53 Å². The summed E-state index contributed by atoms with van der Waals surface area (Å²) in [5.74, 6) is 1.94. The molecule has 0 spiro atoms. The van der Waals surface area contributed by atoms with Crippen LogP contribution < -0.4 is 10.1 Å². The third-order valence-corrected chi connectivity index (χ3v) is 4.88. The van der Waals surface area contributed by atoms with Crippen LogP contribution in [0.2, 0.25) is 0 Å². The Labute approximate surface area is 198 Å². The third-order valence-electron chi connectivity index (χ3n) is 4.88. The molecule has 7 heteroatoms. The van der Waals surface area contributed by atoms with Gasteiger partial charge in [0, 0.05) is 22.9 Å². The summed E-state index contributed by atoms with van der Waals surface area (Å²) in [7, 11) is 1.63. The molecule has 0 saturated heterocycles. The number of ether oxygens (including phenoxy) is 2. The molecule has 0 saturated carbocycles. The number of hydrogen-bond donors (Lipinski definition) is 1. The Balaban J connectivity index is 1.62. The largest absolute Gasteiger partial charge is 0.497 e. The summed E-state index contributed by atoms with van der Waals surface area (Å²) in [5, 5.41) is 3.26. The van der Waals surface area contributed by atoms with Crippen LogP contribution in [0, 0.1) is 0 Å². The minimum Gasteiger partial charge on any atom is -0.497 e. The van der Waals surface area contributed by atoms with E-state index in [1.807, 2.05) is 78.9 Å². The first-order valence-electron chi connectivity index (χ1n) is 10.8. The minimum atomic E-state index is -0.366. The Morgan fingerprint density at radius 3 is 2.12 bits per heavy atom. The second-order valence-electron chi connectivity index (χ2n) is 7.23. The molecule has 7 nitrogen and oxygen atoms in total. The summed E-state index contributed by atoms with van der Waals surface area (Å²) >= 11 is 0. The summed E-state index contributed by atoms with van der Waals surface area (Å²) < 4.78 is 10.2. The topological polar surface area (TPSA) is 86.2 Å². The van der Waals surface area contributed by atoms with E-state index in [-0.39, 0.29) is 5.97 Å². The Morgan fingerprint density at radius 1 is 0.853 bits per heavy atom. The average Bonchev–Trinajstić information content (AvgIpc) is 2.89. The normalized spacial score (nSPS) is 10.8. The van der Waals surface area contributed by atoms with E-state index in [1.165, 1.54) is 6.08 Å². The number of esters is 1. The standard InChI is InChI=1S/C27H24N4O3/c1-3-34-24(32)18-11-19-9-14-22(15-10-19)28-27-30-25(20-7-5-4-6-8-20)29-26(31-27)21-12-16-23(33-2)17-13-21/h4-18H,3H2,1-2H3,(H,28,29,30,31)/b18-11+. The first-order valence-corrected chi connectivity index (χ1v) is 10.8. The Kier molecular flexibility index (Phi) is 7.25. The van der Waals surface area contributed by atoms with Crippen molar-refractivity contribution in [2.24, 2.45) is 0 Å². The predicted molar refractivity (Wildman–Crippen MR) is 133 cm³/mol. The number of anilines is 2. The summed E-state index contributed by atoms with van der Waals surface area (Å²) in [5.41, 5.74) is 3.42. The van der Waals surface area contributed by atoms with Gasteiger partial charge in [-0.25, -0.2) is 9.78 Å². The lowest BCUT2D eigenvalue weighted by Gasteiger charge is -2.10. The van der Waals surface area contributed by atoms with Crippen molar-refractivity contribution in [2.75, 3.05) is 19.0 Å². The molecular formula is C27H24N4O3. The molecular weight excluding hydrogens is 428 g/mol. The molecule has 1 N–H and O–H groups in total. The molecule has 0 radical (unpaired) electrons. The van der Waals surface area contributed by atoms with Gasteiger partial charge in [-0.05, 0) is 55.0 Å². The van der Waals surface area contributed by atoms with Gasteiger partial charge < -0.3 is 14.8 Å². The van der Waals surface area contributed by atoms with Gasteiger partial charge in [-0.1, -0.05) is 42.5 Å². The average molecular weight is 453 g/mol. The SMILES string of the molecule is CCOC(=O)/C=C/c1ccc(Nc2nc(-c3ccccc3)nc(-c3ccc(OC)cc3)n2)cc1. The molecule has 0 atom stereocenters. The lowest BCUT2D eigenvalue weighted by Crippen LogP contribution is -2.03. The molecule has 3 aromatic carbocycles. The first kappa shape index (κ1) is 22.7. The molecule has 0 aliphatic carbocycles. The zero-order chi connectivity index (χ0) is 23.8. The van der Waals surface area contributed by atoms with Gasteiger partial charge in [0.15, 0.2) is 11.6 Å². The number of hydrogen-bond acceptors (Lipinski definition) is 7. The van der Waals surface area contributed by atoms with Crippen molar-refractivity contribution in [2.45, 2.75) is 6.92 Å². The van der Waals surface area contributed by atoms with Gasteiger partial charge in [-0.3, -0.25) is 0 Å². The van der Waals surface area contributed by atoms with Crippen LogP contribution >= 0.6 is 0 Å². The second-order valence-corrected chi connectivity index (χ2v) is 7.23. The molecule has 0 aliphatic heterocycles. The van der Waals surface area contributed by atoms with Gasteiger partial charge in [0.2, 0.25) is 5.95 Å². The Bertz CT molecular complexity index is 1270. The van der Waals surface area contributed by atoms with Gasteiger partial charge in [-0.15, -0.1) is 0 Å². The van der Waals surface area contributed by atoms with Crippen LogP contribution in [0.25, 0.3) is 28.9 Å². The van der Waals surface area contributed by atoms with Crippen molar-refractivity contribution in [3.8, 4) is 28.5 Å². The van der Waals surface area contributed by atoms with E-state index in [4.69, 9.17) is 9.47 Å². The Hall–Kier alpha value is -4.52. The van der Waals surface area contributed by atoms with E-state index in [0.29, 0.717) is 24.2 Å². The van der Waals surface area contributed by atoms with Crippen LogP contribution in [0.15, 0.2) is 84.9 Å². The summed E-state index contributed by atoms with van der Waals surface area (Å²) in [6, 6.07) is 24.9. The van der Waals surface area contributed by atoms with Crippen molar-refractivity contribution in [3.63, 3.8) is 0 Å². The quantitative estimate of drug-likeness (QED) is 0.278. The molecule has 0 unspecified atom stereocenters. The second kappa shape index (κ2) is 10.9. The highest BCUT2D eigenvalue weighted by molar-refractivity contribution is 5.87. The molecule has 34 heavy (non-hydrogen) atoms. The number of methoxy groups -OCH3 is 1. The van der Waals surface area contributed by atoms with Crippen LogP contribution in [0.1, 0.15) is 12.5 Å². The number of nitrogens with one attached hydrogen (secondary N) is 1. The maximum atomic E-state index is 11.5. The van der Waals surface area contributed by atoms with E-state index in [2.05, 4.69) is 20.3 Å². The fraction of sp³-hybridized carbons (Fsp3) is 0.111. The predicted octanol–water partition coefficient (Wildman–Crippen LogP) is 5.53. The fourth-order valence-corrected chi connectivity index (χ4v) is 3.18. The van der Waals surface area contributed by atoms with Crippen molar-refractivity contribution in [1.82, 2.24) is 15.0 Å². The van der Waals surface area contributed by atoms with Crippen molar-refractivity contribution in [1.29, 1.82) is 0 Å². The van der Waals surface area contributed by atoms with E-state index >= 15 is 0 Å². The summed E-state index contributed by atoms with van der Waals surface area (Å²) in [6.45, 7) is 2.12. The summed E-state index contributed by atoms with van der Waals surface area (Å²) in [4.78, 5) is 25.5. The maximum Gasteiger partial charge on any atom is 0.330 e. The number of carbonyl (C=O) groups is 1. The fourth-order valence-electron chi connectivity index (χ4n) is 3.18. The van der Waals surface area contributed by atoms with Crippen molar-refractivity contribution < 1.29 is 14.3 Å². The first-order chi connectivity index (χ1) is 16.6. The molecule has 4 rings (SSSR count). The molecule has 1 heterocycles. The van der Waals surface area contributed by atoms with E-state index in [9.17, 15) is 4.79 Å². The number of aromatic nitrogens is 3. The van der Waals surface area contributed by atoms with Gasteiger partial charge >= 0.3 is 5.97 Å². The highest BCUT2D eigenvalue weighted by atomic mass is 16.5. The Morgan fingerprint density at radius 2 is 1.50 bits per heavy atom. The van der Waals surface area contributed by atoms with Crippen LogP contribution in [0.4, 0.5) is 11.6 Å². The smallest absolute Gasteiger partial charge is 0.330 e. The van der Waals surface area contributed by atoms with E-state index in [1.54, 1.807) is 20.1 Å².